The first kappa shape index (κ1) is 17.0. The standard InChI is InChI=1S/C15H23ClN2O2/c1-4-12-6-5-7-13(9-17)15(12)18(14(19)8-16)10-20-11(2)3/h5-7,11H,4,8-10,17H2,1-3H3. The zero-order valence-corrected chi connectivity index (χ0v) is 13.1. The number of amides is 1. The Labute approximate surface area is 125 Å². The van der Waals surface area contributed by atoms with Crippen LogP contribution in [0.1, 0.15) is 31.9 Å². The second-order valence-corrected chi connectivity index (χ2v) is 5.05. The molecule has 0 radical (unpaired) electrons. The van der Waals surface area contributed by atoms with Crippen LogP contribution in [0, 0.1) is 0 Å². The van der Waals surface area contributed by atoms with E-state index in [1.807, 2.05) is 39.0 Å². The molecule has 0 fully saturated rings. The molecular formula is C15H23ClN2O2. The third-order valence-electron chi connectivity index (χ3n) is 3.03. The van der Waals surface area contributed by atoms with Crippen molar-refractivity contribution in [3.8, 4) is 0 Å². The number of halogens is 1. The smallest absolute Gasteiger partial charge is 0.243 e. The molecule has 0 bridgehead atoms. The lowest BCUT2D eigenvalue weighted by atomic mass is 10.0. The first-order valence-electron chi connectivity index (χ1n) is 6.83. The van der Waals surface area contributed by atoms with E-state index in [1.165, 1.54) is 0 Å². The number of benzene rings is 1. The van der Waals surface area contributed by atoms with Crippen LogP contribution < -0.4 is 10.6 Å². The highest BCUT2D eigenvalue weighted by Gasteiger charge is 2.20. The number of hydrogen-bond acceptors (Lipinski definition) is 3. The molecule has 1 rings (SSSR count). The molecule has 1 aromatic rings. The van der Waals surface area contributed by atoms with Gasteiger partial charge in [-0.2, -0.15) is 0 Å². The van der Waals surface area contributed by atoms with Crippen LogP contribution in [0.4, 0.5) is 5.69 Å². The zero-order chi connectivity index (χ0) is 15.1. The van der Waals surface area contributed by atoms with Gasteiger partial charge in [0.2, 0.25) is 5.91 Å². The number of nitrogens with zero attached hydrogens (tertiary/aromatic N) is 1. The van der Waals surface area contributed by atoms with E-state index in [2.05, 4.69) is 0 Å². The quantitative estimate of drug-likeness (QED) is 0.622. The van der Waals surface area contributed by atoms with Crippen LogP contribution in [0.25, 0.3) is 0 Å². The summed E-state index contributed by atoms with van der Waals surface area (Å²) in [7, 11) is 0. The SMILES string of the molecule is CCc1cccc(CN)c1N(COC(C)C)C(=O)CCl. The van der Waals surface area contributed by atoms with Gasteiger partial charge in [0.1, 0.15) is 12.6 Å². The minimum Gasteiger partial charge on any atom is -0.358 e. The van der Waals surface area contributed by atoms with E-state index >= 15 is 0 Å². The first-order valence-corrected chi connectivity index (χ1v) is 7.37. The van der Waals surface area contributed by atoms with Crippen molar-refractivity contribution in [3.63, 3.8) is 0 Å². The van der Waals surface area contributed by atoms with E-state index in [0.29, 0.717) is 6.54 Å². The van der Waals surface area contributed by atoms with Gasteiger partial charge in [0.05, 0.1) is 11.8 Å². The topological polar surface area (TPSA) is 55.6 Å². The maximum atomic E-state index is 12.1. The van der Waals surface area contributed by atoms with Gasteiger partial charge in [-0.1, -0.05) is 25.1 Å². The van der Waals surface area contributed by atoms with E-state index in [9.17, 15) is 4.79 Å². The third-order valence-corrected chi connectivity index (χ3v) is 3.25. The molecule has 2 N–H and O–H groups in total. The van der Waals surface area contributed by atoms with Gasteiger partial charge >= 0.3 is 0 Å². The molecule has 20 heavy (non-hydrogen) atoms. The number of carbonyl (C=O) groups excluding carboxylic acids is 1. The zero-order valence-electron chi connectivity index (χ0n) is 12.4. The van der Waals surface area contributed by atoms with Crippen LogP contribution in [0.15, 0.2) is 18.2 Å². The number of carbonyl (C=O) groups is 1. The summed E-state index contributed by atoms with van der Waals surface area (Å²) in [5, 5.41) is 0. The van der Waals surface area contributed by atoms with Gasteiger partial charge in [0.15, 0.2) is 0 Å². The van der Waals surface area contributed by atoms with Gasteiger partial charge in [-0.25, -0.2) is 0 Å². The fourth-order valence-electron chi connectivity index (χ4n) is 2.00. The largest absolute Gasteiger partial charge is 0.358 e. The van der Waals surface area contributed by atoms with Crippen molar-refractivity contribution in [2.24, 2.45) is 5.73 Å². The number of rotatable bonds is 7. The van der Waals surface area contributed by atoms with Gasteiger partial charge < -0.3 is 10.5 Å². The Bertz CT molecular complexity index is 427. The number of aryl methyl sites for hydroxylation is 1. The Hall–Kier alpha value is -1.10. The van der Waals surface area contributed by atoms with Gasteiger partial charge in [0, 0.05) is 6.54 Å². The first-order chi connectivity index (χ1) is 9.54. The summed E-state index contributed by atoms with van der Waals surface area (Å²) >= 11 is 5.72. The predicted octanol–water partition coefficient (Wildman–Crippen LogP) is 2.66. The lowest BCUT2D eigenvalue weighted by molar-refractivity contribution is -0.117. The summed E-state index contributed by atoms with van der Waals surface area (Å²) in [5.74, 6) is -0.258. The highest BCUT2D eigenvalue weighted by Crippen LogP contribution is 2.27. The highest BCUT2D eigenvalue weighted by atomic mass is 35.5. The second-order valence-electron chi connectivity index (χ2n) is 4.78. The van der Waals surface area contributed by atoms with Gasteiger partial charge in [-0.15, -0.1) is 11.6 Å². The van der Waals surface area contributed by atoms with E-state index in [-0.39, 0.29) is 24.6 Å². The summed E-state index contributed by atoms with van der Waals surface area (Å²) in [6, 6.07) is 5.88. The van der Waals surface area contributed by atoms with Crippen molar-refractivity contribution in [3.05, 3.63) is 29.3 Å². The molecule has 4 nitrogen and oxygen atoms in total. The van der Waals surface area contributed by atoms with Gasteiger partial charge in [0.25, 0.3) is 0 Å². The number of ether oxygens (including phenoxy) is 1. The Morgan fingerprint density at radius 3 is 2.55 bits per heavy atom. The normalized spacial score (nSPS) is 10.9. The van der Waals surface area contributed by atoms with Crippen LogP contribution in [0.3, 0.4) is 0 Å². The second kappa shape index (κ2) is 8.25. The van der Waals surface area contributed by atoms with Gasteiger partial charge in [-0.3, -0.25) is 9.69 Å². The summed E-state index contributed by atoms with van der Waals surface area (Å²) in [6.07, 6.45) is 0.854. The van der Waals surface area contributed by atoms with Crippen LogP contribution in [-0.2, 0) is 22.5 Å². The van der Waals surface area contributed by atoms with Crippen LogP contribution >= 0.6 is 11.6 Å². The van der Waals surface area contributed by atoms with Crippen molar-refractivity contribution >= 4 is 23.2 Å². The Morgan fingerprint density at radius 2 is 2.05 bits per heavy atom. The maximum absolute atomic E-state index is 12.1. The Kier molecular flexibility index (Phi) is 6.99. The minimum atomic E-state index is -0.178. The molecule has 0 aliphatic rings. The van der Waals surface area contributed by atoms with Crippen molar-refractivity contribution in [1.82, 2.24) is 0 Å². The molecule has 0 aliphatic heterocycles. The van der Waals surface area contributed by atoms with Crippen molar-refractivity contribution < 1.29 is 9.53 Å². The predicted molar refractivity (Wildman–Crippen MR) is 83.0 cm³/mol. The molecule has 0 aromatic heterocycles. The molecule has 0 spiro atoms. The number of nitrogens with two attached hydrogens (primary N) is 1. The van der Waals surface area contributed by atoms with Crippen LogP contribution in [0.2, 0.25) is 0 Å². The lowest BCUT2D eigenvalue weighted by Crippen LogP contribution is -2.36. The molecule has 1 amide bonds. The number of alkyl halides is 1. The fraction of sp³-hybridized carbons (Fsp3) is 0.533. The Morgan fingerprint density at radius 1 is 1.40 bits per heavy atom. The minimum absolute atomic E-state index is 0.0377. The fourth-order valence-corrected chi connectivity index (χ4v) is 2.14. The highest BCUT2D eigenvalue weighted by molar-refractivity contribution is 6.29. The molecule has 1 aromatic carbocycles. The summed E-state index contributed by atoms with van der Waals surface area (Å²) in [5.41, 5.74) is 8.63. The van der Waals surface area contributed by atoms with Crippen molar-refractivity contribution in [2.75, 3.05) is 17.5 Å². The molecule has 0 aliphatic carbocycles. The number of para-hydroxylation sites is 1. The molecule has 0 unspecified atom stereocenters. The average molecular weight is 299 g/mol. The molecule has 5 heteroatoms. The average Bonchev–Trinajstić information content (AvgIpc) is 2.46. The summed E-state index contributed by atoms with van der Waals surface area (Å²) < 4.78 is 5.59. The van der Waals surface area contributed by atoms with E-state index in [1.54, 1.807) is 4.90 Å². The summed E-state index contributed by atoms with van der Waals surface area (Å²) in [4.78, 5) is 13.7. The number of anilines is 1. The van der Waals surface area contributed by atoms with Crippen LogP contribution in [-0.4, -0.2) is 24.6 Å². The molecule has 0 saturated carbocycles. The summed E-state index contributed by atoms with van der Waals surface area (Å²) in [6.45, 7) is 6.47. The molecule has 112 valence electrons. The maximum Gasteiger partial charge on any atom is 0.243 e. The van der Waals surface area contributed by atoms with Crippen LogP contribution in [0.5, 0.6) is 0 Å². The molecule has 0 atom stereocenters. The van der Waals surface area contributed by atoms with Gasteiger partial charge in [-0.05, 0) is 31.4 Å². The van der Waals surface area contributed by atoms with E-state index in [0.717, 1.165) is 23.2 Å². The van der Waals surface area contributed by atoms with Crippen molar-refractivity contribution in [1.29, 1.82) is 0 Å². The number of hydrogen-bond donors (Lipinski definition) is 1. The molecular weight excluding hydrogens is 276 g/mol. The lowest BCUT2D eigenvalue weighted by Gasteiger charge is -2.27. The molecule has 0 heterocycles. The molecule has 0 saturated heterocycles. The van der Waals surface area contributed by atoms with E-state index < -0.39 is 0 Å². The third kappa shape index (κ3) is 4.20. The monoisotopic (exact) mass is 298 g/mol. The Balaban J connectivity index is 3.20. The van der Waals surface area contributed by atoms with E-state index in [4.69, 9.17) is 22.1 Å². The van der Waals surface area contributed by atoms with Crippen molar-refractivity contribution in [2.45, 2.75) is 39.8 Å².